The second-order valence-corrected chi connectivity index (χ2v) is 6.24. The van der Waals surface area contributed by atoms with Gasteiger partial charge in [-0.3, -0.25) is 4.90 Å². The zero-order valence-electron chi connectivity index (χ0n) is 12.1. The molecule has 1 aliphatic carbocycles. The molecule has 4 atom stereocenters. The van der Waals surface area contributed by atoms with Crippen molar-refractivity contribution in [2.75, 3.05) is 13.1 Å². The van der Waals surface area contributed by atoms with E-state index < -0.39 is 0 Å². The monoisotopic (exact) mass is 238 g/mol. The van der Waals surface area contributed by atoms with Gasteiger partial charge in [0.05, 0.1) is 0 Å². The number of rotatable bonds is 5. The van der Waals surface area contributed by atoms with Crippen LogP contribution in [0.2, 0.25) is 0 Å². The first kappa shape index (κ1) is 13.4. The molecule has 2 nitrogen and oxygen atoms in total. The fraction of sp³-hybridized carbons (Fsp3) is 1.00. The summed E-state index contributed by atoms with van der Waals surface area (Å²) in [5, 5.41) is 3.78. The molecule has 2 fully saturated rings. The Morgan fingerprint density at radius 3 is 2.47 bits per heavy atom. The Morgan fingerprint density at radius 1 is 1.24 bits per heavy atom. The van der Waals surface area contributed by atoms with Crippen LogP contribution < -0.4 is 5.32 Å². The third-order valence-corrected chi connectivity index (χ3v) is 5.15. The highest BCUT2D eigenvalue weighted by atomic mass is 15.3. The first-order valence-corrected chi connectivity index (χ1v) is 7.66. The van der Waals surface area contributed by atoms with Crippen molar-refractivity contribution in [1.29, 1.82) is 0 Å². The van der Waals surface area contributed by atoms with Gasteiger partial charge in [-0.25, -0.2) is 0 Å². The van der Waals surface area contributed by atoms with Crippen molar-refractivity contribution in [2.45, 2.75) is 71.5 Å². The quantitative estimate of drug-likeness (QED) is 0.792. The smallest absolute Gasteiger partial charge is 0.0224 e. The fourth-order valence-electron chi connectivity index (χ4n) is 3.21. The summed E-state index contributed by atoms with van der Waals surface area (Å²) in [6.45, 7) is 12.0. The largest absolute Gasteiger partial charge is 0.311 e. The molecule has 0 aromatic carbocycles. The van der Waals surface area contributed by atoms with Gasteiger partial charge in [0.15, 0.2) is 0 Å². The first-order chi connectivity index (χ1) is 8.17. The van der Waals surface area contributed by atoms with Gasteiger partial charge in [0, 0.05) is 31.2 Å². The molecule has 0 bridgehead atoms. The molecule has 2 rings (SSSR count). The molecule has 0 radical (unpaired) electrons. The van der Waals surface area contributed by atoms with E-state index in [4.69, 9.17) is 0 Å². The molecular formula is C15H30N2. The lowest BCUT2D eigenvalue weighted by atomic mass is 9.94. The van der Waals surface area contributed by atoms with E-state index in [0.29, 0.717) is 0 Å². The first-order valence-electron chi connectivity index (χ1n) is 7.66. The van der Waals surface area contributed by atoms with Gasteiger partial charge in [-0.05, 0) is 38.0 Å². The summed E-state index contributed by atoms with van der Waals surface area (Å²) in [6.07, 6.45) is 5.50. The molecule has 1 saturated carbocycles. The van der Waals surface area contributed by atoms with Gasteiger partial charge >= 0.3 is 0 Å². The van der Waals surface area contributed by atoms with E-state index in [1.54, 1.807) is 0 Å². The summed E-state index contributed by atoms with van der Waals surface area (Å²) in [4.78, 5) is 2.80. The number of piperazine rings is 1. The molecule has 0 aromatic rings. The van der Waals surface area contributed by atoms with Gasteiger partial charge in [0.2, 0.25) is 0 Å². The molecule has 1 N–H and O–H groups in total. The second-order valence-electron chi connectivity index (χ2n) is 6.24. The standard InChI is InChI=1S/C15H30N2/c1-5-11(3)12(4)17-10-15(13-7-8-13)16-9-14(17)6-2/h11-16H,5-10H2,1-4H3. The van der Waals surface area contributed by atoms with Gasteiger partial charge in [-0.2, -0.15) is 0 Å². The molecule has 0 spiro atoms. The lowest BCUT2D eigenvalue weighted by molar-refractivity contribution is 0.0557. The van der Waals surface area contributed by atoms with Crippen LogP contribution in [-0.2, 0) is 0 Å². The predicted molar refractivity (Wildman–Crippen MR) is 74.2 cm³/mol. The van der Waals surface area contributed by atoms with E-state index in [1.165, 1.54) is 38.8 Å². The van der Waals surface area contributed by atoms with Crippen LogP contribution in [0, 0.1) is 11.8 Å². The summed E-state index contributed by atoms with van der Waals surface area (Å²) < 4.78 is 0. The normalized spacial score (nSPS) is 34.6. The average Bonchev–Trinajstić information content (AvgIpc) is 3.20. The van der Waals surface area contributed by atoms with Gasteiger partial charge in [-0.1, -0.05) is 27.2 Å². The van der Waals surface area contributed by atoms with Crippen molar-refractivity contribution >= 4 is 0 Å². The third-order valence-electron chi connectivity index (χ3n) is 5.15. The molecule has 17 heavy (non-hydrogen) atoms. The number of hydrogen-bond acceptors (Lipinski definition) is 2. The second kappa shape index (κ2) is 5.71. The SMILES string of the molecule is CCC(C)C(C)N1CC(C2CC2)NCC1CC. The maximum Gasteiger partial charge on any atom is 0.0224 e. The maximum atomic E-state index is 3.78. The van der Waals surface area contributed by atoms with Crippen molar-refractivity contribution in [1.82, 2.24) is 10.2 Å². The van der Waals surface area contributed by atoms with Crippen LogP contribution in [0.3, 0.4) is 0 Å². The highest BCUT2D eigenvalue weighted by Crippen LogP contribution is 2.35. The van der Waals surface area contributed by atoms with Crippen LogP contribution in [-0.4, -0.2) is 36.1 Å². The molecule has 2 heteroatoms. The minimum atomic E-state index is 0.744. The third kappa shape index (κ3) is 3.03. The number of hydrogen-bond donors (Lipinski definition) is 1. The Hall–Kier alpha value is -0.0800. The van der Waals surface area contributed by atoms with Gasteiger partial charge < -0.3 is 5.32 Å². The predicted octanol–water partition coefficient (Wildman–Crippen LogP) is 2.88. The Balaban J connectivity index is 1.98. The molecular weight excluding hydrogens is 208 g/mol. The minimum Gasteiger partial charge on any atom is -0.311 e. The van der Waals surface area contributed by atoms with E-state index in [-0.39, 0.29) is 0 Å². The Kier molecular flexibility index (Phi) is 4.48. The van der Waals surface area contributed by atoms with Crippen molar-refractivity contribution in [3.05, 3.63) is 0 Å². The van der Waals surface area contributed by atoms with Crippen LogP contribution in [0.25, 0.3) is 0 Å². The van der Waals surface area contributed by atoms with Crippen molar-refractivity contribution in [3.63, 3.8) is 0 Å². The van der Waals surface area contributed by atoms with Crippen molar-refractivity contribution < 1.29 is 0 Å². The van der Waals surface area contributed by atoms with Crippen molar-refractivity contribution in [2.24, 2.45) is 11.8 Å². The van der Waals surface area contributed by atoms with E-state index >= 15 is 0 Å². The molecule has 0 amide bonds. The van der Waals surface area contributed by atoms with Crippen LogP contribution in [0.5, 0.6) is 0 Å². The highest BCUT2D eigenvalue weighted by molar-refractivity contribution is 4.96. The van der Waals surface area contributed by atoms with Crippen LogP contribution >= 0.6 is 0 Å². The van der Waals surface area contributed by atoms with Crippen LogP contribution in [0.4, 0.5) is 0 Å². The van der Waals surface area contributed by atoms with Gasteiger partial charge in [-0.15, -0.1) is 0 Å². The van der Waals surface area contributed by atoms with E-state index in [1.807, 2.05) is 0 Å². The molecule has 1 aliphatic heterocycles. The Morgan fingerprint density at radius 2 is 1.94 bits per heavy atom. The van der Waals surface area contributed by atoms with Crippen LogP contribution in [0.1, 0.15) is 53.4 Å². The Labute approximate surface area is 107 Å². The summed E-state index contributed by atoms with van der Waals surface area (Å²) in [7, 11) is 0. The lowest BCUT2D eigenvalue weighted by Crippen LogP contribution is -2.60. The summed E-state index contributed by atoms with van der Waals surface area (Å²) in [5.41, 5.74) is 0. The van der Waals surface area contributed by atoms with Gasteiger partial charge in [0.25, 0.3) is 0 Å². The Bertz CT molecular complexity index is 237. The number of nitrogens with zero attached hydrogens (tertiary/aromatic N) is 1. The maximum absolute atomic E-state index is 3.78. The zero-order valence-corrected chi connectivity index (χ0v) is 12.1. The lowest BCUT2D eigenvalue weighted by Gasteiger charge is -2.45. The minimum absolute atomic E-state index is 0.744. The van der Waals surface area contributed by atoms with E-state index in [9.17, 15) is 0 Å². The molecule has 1 saturated heterocycles. The summed E-state index contributed by atoms with van der Waals surface area (Å²) >= 11 is 0. The fourth-order valence-corrected chi connectivity index (χ4v) is 3.21. The summed E-state index contributed by atoms with van der Waals surface area (Å²) in [5.74, 6) is 1.81. The zero-order chi connectivity index (χ0) is 12.4. The molecule has 4 unspecified atom stereocenters. The van der Waals surface area contributed by atoms with Crippen LogP contribution in [0.15, 0.2) is 0 Å². The molecule has 100 valence electrons. The molecule has 1 heterocycles. The highest BCUT2D eigenvalue weighted by Gasteiger charge is 2.38. The van der Waals surface area contributed by atoms with E-state index in [2.05, 4.69) is 37.9 Å². The molecule has 2 aliphatic rings. The summed E-state index contributed by atoms with van der Waals surface area (Å²) in [6, 6.07) is 2.28. The van der Waals surface area contributed by atoms with Crippen molar-refractivity contribution in [3.8, 4) is 0 Å². The average molecular weight is 238 g/mol. The molecule has 0 aromatic heterocycles. The topological polar surface area (TPSA) is 15.3 Å². The van der Waals surface area contributed by atoms with Gasteiger partial charge in [0.1, 0.15) is 0 Å². The number of nitrogens with one attached hydrogen (secondary N) is 1. The van der Waals surface area contributed by atoms with E-state index in [0.717, 1.165) is 30.0 Å².